The minimum atomic E-state index is -4.56. The summed E-state index contributed by atoms with van der Waals surface area (Å²) >= 11 is 0. The summed E-state index contributed by atoms with van der Waals surface area (Å²) in [7, 11) is 0. The van der Waals surface area contributed by atoms with Crippen molar-refractivity contribution in [3.63, 3.8) is 0 Å². The molecule has 7 heteroatoms. The van der Waals surface area contributed by atoms with Crippen molar-refractivity contribution in [2.75, 3.05) is 11.9 Å². The fourth-order valence-corrected chi connectivity index (χ4v) is 1.97. The first-order valence-electron chi connectivity index (χ1n) is 7.71. The average Bonchev–Trinajstić information content (AvgIpc) is 2.47. The van der Waals surface area contributed by atoms with Gasteiger partial charge in [-0.15, -0.1) is 0 Å². The first-order chi connectivity index (χ1) is 11.0. The van der Waals surface area contributed by atoms with E-state index in [-0.39, 0.29) is 11.3 Å². The smallest absolute Gasteiger partial charge is 0.385 e. The minimum Gasteiger partial charge on any atom is -0.385 e. The molecule has 134 valence electrons. The third kappa shape index (κ3) is 5.54. The molecule has 0 spiro atoms. The zero-order valence-corrected chi connectivity index (χ0v) is 14.3. The van der Waals surface area contributed by atoms with Gasteiger partial charge in [0.1, 0.15) is 6.29 Å². The highest BCUT2D eigenvalue weighted by Crippen LogP contribution is 2.32. The number of amides is 1. The van der Waals surface area contributed by atoms with Gasteiger partial charge in [-0.3, -0.25) is 4.79 Å². The molecule has 0 heterocycles. The number of anilines is 1. The third-order valence-electron chi connectivity index (χ3n) is 3.46. The standard InChI is InChI=1S/C17H23F3N2O2/c1-5-6-21-13-8-11(7-12(9-13)17(18,19)20)15(24)22-14(10-23)16(2,3)4/h7-10,14,21H,5-6H2,1-4H3,(H,22,24). The van der Waals surface area contributed by atoms with Gasteiger partial charge in [-0.25, -0.2) is 0 Å². The molecule has 1 atom stereocenters. The van der Waals surface area contributed by atoms with Crippen molar-refractivity contribution in [2.24, 2.45) is 5.41 Å². The van der Waals surface area contributed by atoms with Gasteiger partial charge in [0.05, 0.1) is 11.6 Å². The molecular formula is C17H23F3N2O2. The lowest BCUT2D eigenvalue weighted by molar-refractivity contribution is -0.137. The number of benzene rings is 1. The molecule has 1 amide bonds. The molecule has 0 aliphatic heterocycles. The molecule has 24 heavy (non-hydrogen) atoms. The normalized spacial score (nSPS) is 13.3. The van der Waals surface area contributed by atoms with Crippen LogP contribution in [0.15, 0.2) is 18.2 Å². The maximum atomic E-state index is 13.0. The van der Waals surface area contributed by atoms with Crippen LogP contribution in [0.1, 0.15) is 50.0 Å². The lowest BCUT2D eigenvalue weighted by Crippen LogP contribution is -2.44. The molecule has 0 fully saturated rings. The second kappa shape index (κ2) is 7.68. The van der Waals surface area contributed by atoms with E-state index >= 15 is 0 Å². The van der Waals surface area contributed by atoms with E-state index in [0.717, 1.165) is 18.6 Å². The van der Waals surface area contributed by atoms with E-state index < -0.39 is 29.1 Å². The van der Waals surface area contributed by atoms with Crippen LogP contribution in [0.2, 0.25) is 0 Å². The average molecular weight is 344 g/mol. The van der Waals surface area contributed by atoms with E-state index in [1.807, 2.05) is 6.92 Å². The Bertz CT molecular complexity index is 592. The lowest BCUT2D eigenvalue weighted by Gasteiger charge is -2.27. The summed E-state index contributed by atoms with van der Waals surface area (Å²) in [5.74, 6) is -0.715. The Kier molecular flexibility index (Phi) is 6.40. The van der Waals surface area contributed by atoms with E-state index in [2.05, 4.69) is 10.6 Å². The Morgan fingerprint density at radius 1 is 1.21 bits per heavy atom. The molecule has 2 N–H and O–H groups in total. The van der Waals surface area contributed by atoms with E-state index in [0.29, 0.717) is 12.8 Å². The Labute approximate surface area is 139 Å². The molecule has 0 bridgehead atoms. The largest absolute Gasteiger partial charge is 0.416 e. The number of halogens is 3. The van der Waals surface area contributed by atoms with Crippen molar-refractivity contribution in [1.82, 2.24) is 5.32 Å². The molecule has 0 saturated carbocycles. The number of hydrogen-bond donors (Lipinski definition) is 2. The van der Waals surface area contributed by atoms with E-state index in [1.165, 1.54) is 6.07 Å². The van der Waals surface area contributed by atoms with Crippen molar-refractivity contribution in [3.05, 3.63) is 29.3 Å². The number of hydrogen-bond acceptors (Lipinski definition) is 3. The van der Waals surface area contributed by atoms with Gasteiger partial charge in [-0.1, -0.05) is 27.7 Å². The van der Waals surface area contributed by atoms with Crippen LogP contribution < -0.4 is 10.6 Å². The van der Waals surface area contributed by atoms with E-state index in [9.17, 15) is 22.8 Å². The summed E-state index contributed by atoms with van der Waals surface area (Å²) in [6.45, 7) is 7.64. The number of rotatable bonds is 6. The number of nitrogens with one attached hydrogen (secondary N) is 2. The van der Waals surface area contributed by atoms with Crippen molar-refractivity contribution in [1.29, 1.82) is 0 Å². The van der Waals surface area contributed by atoms with Crippen LogP contribution >= 0.6 is 0 Å². The Morgan fingerprint density at radius 3 is 2.29 bits per heavy atom. The van der Waals surface area contributed by atoms with Crippen LogP contribution in [0, 0.1) is 5.41 Å². The molecule has 0 saturated heterocycles. The highest BCUT2D eigenvalue weighted by Gasteiger charge is 2.32. The van der Waals surface area contributed by atoms with Crippen LogP contribution in [-0.4, -0.2) is 24.8 Å². The van der Waals surface area contributed by atoms with Crippen LogP contribution in [0.4, 0.5) is 18.9 Å². The number of carbonyl (C=O) groups excluding carboxylic acids is 2. The summed E-state index contributed by atoms with van der Waals surface area (Å²) in [5.41, 5.74) is -1.37. The van der Waals surface area contributed by atoms with Gasteiger partial charge in [0.15, 0.2) is 0 Å². The summed E-state index contributed by atoms with van der Waals surface area (Å²) in [6, 6.07) is 2.31. The predicted octanol–water partition coefficient (Wildman–Crippen LogP) is 3.87. The maximum Gasteiger partial charge on any atom is 0.416 e. The first kappa shape index (κ1) is 20.0. The zero-order valence-electron chi connectivity index (χ0n) is 14.3. The van der Waals surface area contributed by atoms with Gasteiger partial charge in [0.2, 0.25) is 0 Å². The van der Waals surface area contributed by atoms with Gasteiger partial charge >= 0.3 is 6.18 Å². The maximum absolute atomic E-state index is 13.0. The second-order valence-corrected chi connectivity index (χ2v) is 6.68. The summed E-state index contributed by atoms with van der Waals surface area (Å²) in [6.07, 6.45) is -3.25. The predicted molar refractivity (Wildman–Crippen MR) is 87.0 cm³/mol. The Morgan fingerprint density at radius 2 is 1.83 bits per heavy atom. The quantitative estimate of drug-likeness (QED) is 0.770. The molecule has 1 aromatic rings. The zero-order chi connectivity index (χ0) is 18.5. The molecule has 4 nitrogen and oxygen atoms in total. The molecule has 0 aliphatic rings. The Balaban J connectivity index is 3.16. The van der Waals surface area contributed by atoms with Crippen molar-refractivity contribution < 1.29 is 22.8 Å². The molecular weight excluding hydrogens is 321 g/mol. The first-order valence-corrected chi connectivity index (χ1v) is 7.71. The van der Waals surface area contributed by atoms with Crippen molar-refractivity contribution in [2.45, 2.75) is 46.3 Å². The third-order valence-corrected chi connectivity index (χ3v) is 3.46. The molecule has 1 rings (SSSR count). The van der Waals surface area contributed by atoms with Gasteiger partial charge in [-0.2, -0.15) is 13.2 Å². The summed E-state index contributed by atoms with van der Waals surface area (Å²) in [5, 5.41) is 5.33. The number of alkyl halides is 3. The monoisotopic (exact) mass is 344 g/mol. The minimum absolute atomic E-state index is 0.139. The SMILES string of the molecule is CCCNc1cc(C(=O)NC(C=O)C(C)(C)C)cc(C(F)(F)F)c1. The van der Waals surface area contributed by atoms with Gasteiger partial charge in [-0.05, 0) is 30.0 Å². The Hall–Kier alpha value is -2.05. The fraction of sp³-hybridized carbons (Fsp3) is 0.529. The molecule has 0 radical (unpaired) electrons. The van der Waals surface area contributed by atoms with E-state index in [4.69, 9.17) is 0 Å². The molecule has 0 aromatic heterocycles. The number of aldehydes is 1. The fourth-order valence-electron chi connectivity index (χ4n) is 1.97. The van der Waals surface area contributed by atoms with Crippen LogP contribution in [0.25, 0.3) is 0 Å². The van der Waals surface area contributed by atoms with Gasteiger partial charge in [0, 0.05) is 17.8 Å². The van der Waals surface area contributed by atoms with Crippen LogP contribution in [0.5, 0.6) is 0 Å². The van der Waals surface area contributed by atoms with Crippen molar-refractivity contribution >= 4 is 17.9 Å². The highest BCUT2D eigenvalue weighted by atomic mass is 19.4. The molecule has 0 aliphatic carbocycles. The second-order valence-electron chi connectivity index (χ2n) is 6.68. The van der Waals surface area contributed by atoms with Crippen LogP contribution in [0.3, 0.4) is 0 Å². The summed E-state index contributed by atoms with van der Waals surface area (Å²) in [4.78, 5) is 23.4. The highest BCUT2D eigenvalue weighted by molar-refractivity contribution is 5.96. The topological polar surface area (TPSA) is 58.2 Å². The number of carbonyl (C=O) groups is 2. The lowest BCUT2D eigenvalue weighted by atomic mass is 9.87. The molecule has 1 aromatic carbocycles. The molecule has 1 unspecified atom stereocenters. The summed E-state index contributed by atoms with van der Waals surface area (Å²) < 4.78 is 39.1. The van der Waals surface area contributed by atoms with Crippen LogP contribution in [-0.2, 0) is 11.0 Å². The van der Waals surface area contributed by atoms with E-state index in [1.54, 1.807) is 20.8 Å². The van der Waals surface area contributed by atoms with Gasteiger partial charge in [0.25, 0.3) is 5.91 Å². The van der Waals surface area contributed by atoms with Crippen molar-refractivity contribution in [3.8, 4) is 0 Å². The van der Waals surface area contributed by atoms with Gasteiger partial charge < -0.3 is 15.4 Å².